The van der Waals surface area contributed by atoms with E-state index in [0.717, 1.165) is 5.56 Å². The molecule has 2 N–H and O–H groups in total. The third kappa shape index (κ3) is 5.35. The van der Waals surface area contributed by atoms with Crippen molar-refractivity contribution in [2.45, 2.75) is 6.42 Å². The van der Waals surface area contributed by atoms with E-state index in [0.29, 0.717) is 39.1 Å². The minimum Gasteiger partial charge on any atom is -0.440 e. The normalized spacial score (nSPS) is 10.8. The molecule has 9 heteroatoms. The van der Waals surface area contributed by atoms with Crippen LogP contribution in [0.4, 0.5) is 5.69 Å². The Kier molecular flexibility index (Phi) is 6.43. The number of benzene rings is 3. The molecule has 31 heavy (non-hydrogen) atoms. The number of carbonyl (C=O) groups excluding carboxylic acids is 1. The van der Waals surface area contributed by atoms with Crippen LogP contribution in [0.15, 0.2) is 65.1 Å². The van der Waals surface area contributed by atoms with Crippen LogP contribution in [0.2, 0.25) is 15.1 Å². The molecule has 0 radical (unpaired) electrons. The number of hydrogen-bond acceptors (Lipinski definition) is 4. The van der Waals surface area contributed by atoms with Crippen LogP contribution in [-0.2, 0) is 6.42 Å². The molecule has 0 unspecified atom stereocenters. The van der Waals surface area contributed by atoms with Crippen molar-refractivity contribution in [1.29, 1.82) is 0 Å². The van der Waals surface area contributed by atoms with Crippen molar-refractivity contribution in [2.24, 2.45) is 0 Å². The number of carbonyl (C=O) groups is 1. The Morgan fingerprint density at radius 3 is 2.48 bits per heavy atom. The van der Waals surface area contributed by atoms with Crippen molar-refractivity contribution in [2.75, 3.05) is 5.32 Å². The second-order valence-electron chi connectivity index (χ2n) is 6.63. The van der Waals surface area contributed by atoms with Crippen molar-refractivity contribution in [1.82, 2.24) is 10.3 Å². The molecule has 4 rings (SSSR count). The fraction of sp³-hybridized carbons (Fsp3) is 0.0455. The van der Waals surface area contributed by atoms with Gasteiger partial charge >= 0.3 is 0 Å². The number of amides is 1. The minimum absolute atomic E-state index is 0.116. The summed E-state index contributed by atoms with van der Waals surface area (Å²) in [5.74, 6) is 0.124. The molecule has 0 aliphatic heterocycles. The molecule has 3 aromatic carbocycles. The monoisotopic (exact) mass is 489 g/mol. The fourth-order valence-corrected chi connectivity index (χ4v) is 3.62. The molecule has 0 aliphatic rings. The number of hydrogen-bond donors (Lipinski definition) is 2. The first kappa shape index (κ1) is 21.6. The summed E-state index contributed by atoms with van der Waals surface area (Å²) >= 11 is 23.2. The molecule has 0 saturated heterocycles. The van der Waals surface area contributed by atoms with E-state index in [9.17, 15) is 4.79 Å². The number of aromatic nitrogens is 1. The molecule has 1 amide bonds. The number of thiocarbonyl (C=S) groups is 1. The van der Waals surface area contributed by atoms with E-state index >= 15 is 0 Å². The molecule has 0 aliphatic carbocycles. The Morgan fingerprint density at radius 1 is 0.968 bits per heavy atom. The number of fused-ring (bicyclic) bond motifs is 1. The van der Waals surface area contributed by atoms with Gasteiger partial charge in [-0.1, -0.05) is 46.9 Å². The highest BCUT2D eigenvalue weighted by molar-refractivity contribution is 7.80. The van der Waals surface area contributed by atoms with Gasteiger partial charge < -0.3 is 9.73 Å². The quantitative estimate of drug-likeness (QED) is 0.319. The number of nitrogens with zero attached hydrogens (tertiary/aromatic N) is 1. The maximum Gasteiger partial charge on any atom is 0.258 e. The first-order valence-corrected chi connectivity index (χ1v) is 10.6. The Bertz CT molecular complexity index is 1290. The molecule has 0 atom stereocenters. The van der Waals surface area contributed by atoms with E-state index in [1.54, 1.807) is 30.3 Å². The molecule has 156 valence electrons. The molecule has 0 saturated carbocycles. The summed E-state index contributed by atoms with van der Waals surface area (Å²) in [5.41, 5.74) is 3.24. The lowest BCUT2D eigenvalue weighted by molar-refractivity contribution is 0.0978. The van der Waals surface area contributed by atoms with Gasteiger partial charge in [0.1, 0.15) is 5.52 Å². The molecule has 4 aromatic rings. The fourth-order valence-electron chi connectivity index (χ4n) is 2.91. The highest BCUT2D eigenvalue weighted by Gasteiger charge is 2.13. The Balaban J connectivity index is 1.44. The van der Waals surface area contributed by atoms with Gasteiger partial charge in [0.05, 0.1) is 10.6 Å². The van der Waals surface area contributed by atoms with Crippen LogP contribution in [0.3, 0.4) is 0 Å². The van der Waals surface area contributed by atoms with Crippen LogP contribution in [0.5, 0.6) is 0 Å². The molecule has 0 bridgehead atoms. The van der Waals surface area contributed by atoms with Crippen molar-refractivity contribution >= 4 is 74.8 Å². The van der Waals surface area contributed by atoms with Crippen LogP contribution in [0, 0.1) is 0 Å². The topological polar surface area (TPSA) is 67.2 Å². The van der Waals surface area contributed by atoms with Crippen molar-refractivity contribution in [3.8, 4) is 0 Å². The molecule has 0 spiro atoms. The molecular formula is C22H14Cl3N3O2S. The zero-order valence-corrected chi connectivity index (χ0v) is 18.9. The third-order valence-electron chi connectivity index (χ3n) is 4.36. The lowest BCUT2D eigenvalue weighted by Gasteiger charge is -2.10. The van der Waals surface area contributed by atoms with Gasteiger partial charge in [-0.05, 0) is 66.3 Å². The Morgan fingerprint density at radius 2 is 1.71 bits per heavy atom. The number of anilines is 1. The van der Waals surface area contributed by atoms with Crippen LogP contribution < -0.4 is 10.6 Å². The lowest BCUT2D eigenvalue weighted by Crippen LogP contribution is -2.34. The largest absolute Gasteiger partial charge is 0.440 e. The first-order valence-electron chi connectivity index (χ1n) is 9.09. The number of rotatable bonds is 4. The standard InChI is InChI=1S/C22H14Cl3N3O2S/c23-13-3-1-12(2-4-13)9-20-27-18-11-15(6-8-19(18)30-20)26-22(31)28-21(29)16-10-14(24)5-7-17(16)25/h1-8,10-11H,9H2,(H2,26,28,29,31). The van der Waals surface area contributed by atoms with Crippen LogP contribution >= 0.6 is 47.0 Å². The first-order chi connectivity index (χ1) is 14.9. The molecular weight excluding hydrogens is 477 g/mol. The van der Waals surface area contributed by atoms with Gasteiger partial charge in [0.15, 0.2) is 16.6 Å². The minimum atomic E-state index is -0.460. The molecule has 1 heterocycles. The predicted molar refractivity (Wildman–Crippen MR) is 128 cm³/mol. The zero-order valence-electron chi connectivity index (χ0n) is 15.8. The van der Waals surface area contributed by atoms with Gasteiger partial charge in [0.25, 0.3) is 5.91 Å². The van der Waals surface area contributed by atoms with Crippen LogP contribution in [0.25, 0.3) is 11.1 Å². The molecule has 1 aromatic heterocycles. The summed E-state index contributed by atoms with van der Waals surface area (Å²) in [5, 5.41) is 7.02. The van der Waals surface area contributed by atoms with Gasteiger partial charge in [0.2, 0.25) is 0 Å². The highest BCUT2D eigenvalue weighted by atomic mass is 35.5. The Labute approximate surface area is 198 Å². The van der Waals surface area contributed by atoms with Crippen molar-refractivity contribution in [3.05, 3.63) is 92.7 Å². The van der Waals surface area contributed by atoms with Crippen LogP contribution in [-0.4, -0.2) is 16.0 Å². The van der Waals surface area contributed by atoms with Gasteiger partial charge in [-0.15, -0.1) is 0 Å². The van der Waals surface area contributed by atoms with Crippen molar-refractivity contribution in [3.63, 3.8) is 0 Å². The predicted octanol–water partition coefficient (Wildman–Crippen LogP) is 6.51. The van der Waals surface area contributed by atoms with E-state index in [1.165, 1.54) is 6.07 Å². The van der Waals surface area contributed by atoms with Gasteiger partial charge in [0, 0.05) is 22.2 Å². The summed E-state index contributed by atoms with van der Waals surface area (Å²) in [6.45, 7) is 0. The SMILES string of the molecule is O=C(NC(=S)Nc1ccc2oc(Cc3ccc(Cl)cc3)nc2c1)c1cc(Cl)ccc1Cl. The number of nitrogens with one attached hydrogen (secondary N) is 2. The summed E-state index contributed by atoms with van der Waals surface area (Å²) < 4.78 is 5.81. The number of halogens is 3. The summed E-state index contributed by atoms with van der Waals surface area (Å²) in [7, 11) is 0. The van der Waals surface area contributed by atoms with Crippen LogP contribution in [0.1, 0.15) is 21.8 Å². The van der Waals surface area contributed by atoms with E-state index in [4.69, 9.17) is 51.4 Å². The summed E-state index contributed by atoms with van der Waals surface area (Å²) in [4.78, 5) is 16.9. The average molecular weight is 491 g/mol. The maximum atomic E-state index is 12.4. The third-order valence-corrected chi connectivity index (χ3v) is 5.38. The lowest BCUT2D eigenvalue weighted by atomic mass is 10.1. The molecule has 0 fully saturated rings. The van der Waals surface area contributed by atoms with E-state index in [1.807, 2.05) is 24.3 Å². The van der Waals surface area contributed by atoms with Gasteiger partial charge in [-0.3, -0.25) is 10.1 Å². The highest BCUT2D eigenvalue weighted by Crippen LogP contribution is 2.23. The number of oxazole rings is 1. The second-order valence-corrected chi connectivity index (χ2v) is 8.31. The molecule has 5 nitrogen and oxygen atoms in total. The van der Waals surface area contributed by atoms with Crippen molar-refractivity contribution < 1.29 is 9.21 Å². The second kappa shape index (κ2) is 9.24. The summed E-state index contributed by atoms with van der Waals surface area (Å²) in [6, 6.07) is 17.5. The van der Waals surface area contributed by atoms with Gasteiger partial charge in [-0.25, -0.2) is 4.98 Å². The summed E-state index contributed by atoms with van der Waals surface area (Å²) in [6.07, 6.45) is 0.545. The average Bonchev–Trinajstić information content (AvgIpc) is 3.13. The van der Waals surface area contributed by atoms with E-state index in [2.05, 4.69) is 15.6 Å². The smallest absolute Gasteiger partial charge is 0.258 e. The maximum absolute atomic E-state index is 12.4. The Hall–Kier alpha value is -2.64. The van der Waals surface area contributed by atoms with E-state index in [-0.39, 0.29) is 15.7 Å². The van der Waals surface area contributed by atoms with E-state index < -0.39 is 5.91 Å². The zero-order chi connectivity index (χ0) is 22.0. The van der Waals surface area contributed by atoms with Gasteiger partial charge in [-0.2, -0.15) is 0 Å².